The summed E-state index contributed by atoms with van der Waals surface area (Å²) >= 11 is 0. The Morgan fingerprint density at radius 3 is 2.69 bits per heavy atom. The lowest BCUT2D eigenvalue weighted by molar-refractivity contribution is 0.300. The second kappa shape index (κ2) is 4.28. The topological polar surface area (TPSA) is 88.1 Å². The second-order valence-electron chi connectivity index (χ2n) is 3.71. The molecule has 16 heavy (non-hydrogen) atoms. The second-order valence-corrected chi connectivity index (χ2v) is 3.71. The number of aliphatic hydroxyl groups is 1. The van der Waals surface area contributed by atoms with E-state index >= 15 is 0 Å². The number of anilines is 2. The number of hydrogen-bond donors (Lipinski definition) is 4. The van der Waals surface area contributed by atoms with Gasteiger partial charge in [-0.15, -0.1) is 0 Å². The third-order valence-electron chi connectivity index (χ3n) is 2.58. The van der Waals surface area contributed by atoms with Crippen LogP contribution in [0.4, 0.5) is 11.4 Å². The van der Waals surface area contributed by atoms with Crippen LogP contribution < -0.4 is 11.5 Å². The standard InChI is InChI=1S/C12H15N3O/c13-9-5-11(8-1-3-15-7-8)10(2-4-16)12(14)6-9/h1,3,5-7,15-16H,2,4,13-14H2. The third kappa shape index (κ3) is 1.87. The summed E-state index contributed by atoms with van der Waals surface area (Å²) in [5, 5.41) is 9.04. The van der Waals surface area contributed by atoms with E-state index < -0.39 is 0 Å². The van der Waals surface area contributed by atoms with Crippen molar-refractivity contribution < 1.29 is 5.11 Å². The van der Waals surface area contributed by atoms with Gasteiger partial charge in [-0.25, -0.2) is 0 Å². The smallest absolute Gasteiger partial charge is 0.0472 e. The van der Waals surface area contributed by atoms with Crippen LogP contribution in [-0.2, 0) is 6.42 Å². The largest absolute Gasteiger partial charge is 0.399 e. The first-order chi connectivity index (χ1) is 7.72. The van der Waals surface area contributed by atoms with E-state index in [1.807, 2.05) is 24.5 Å². The Morgan fingerprint density at radius 2 is 2.06 bits per heavy atom. The van der Waals surface area contributed by atoms with E-state index in [-0.39, 0.29) is 6.61 Å². The Morgan fingerprint density at radius 1 is 1.25 bits per heavy atom. The number of hydrogen-bond acceptors (Lipinski definition) is 3. The SMILES string of the molecule is Nc1cc(N)c(CCO)c(-c2cc[nH]c2)c1. The van der Waals surface area contributed by atoms with Gasteiger partial charge in [-0.1, -0.05) is 0 Å². The molecule has 0 saturated carbocycles. The fraction of sp³-hybridized carbons (Fsp3) is 0.167. The molecule has 84 valence electrons. The van der Waals surface area contributed by atoms with Crippen LogP contribution in [0, 0.1) is 0 Å². The molecule has 1 heterocycles. The monoisotopic (exact) mass is 217 g/mol. The Kier molecular flexibility index (Phi) is 2.83. The number of benzene rings is 1. The van der Waals surface area contributed by atoms with E-state index in [1.54, 1.807) is 6.07 Å². The van der Waals surface area contributed by atoms with Crippen molar-refractivity contribution in [3.05, 3.63) is 36.2 Å². The molecule has 2 rings (SSSR count). The maximum Gasteiger partial charge on any atom is 0.0472 e. The van der Waals surface area contributed by atoms with Crippen LogP contribution in [0.15, 0.2) is 30.6 Å². The average molecular weight is 217 g/mol. The van der Waals surface area contributed by atoms with Crippen LogP contribution in [-0.4, -0.2) is 16.7 Å². The van der Waals surface area contributed by atoms with E-state index in [0.29, 0.717) is 17.8 Å². The molecular weight excluding hydrogens is 202 g/mol. The minimum absolute atomic E-state index is 0.0749. The summed E-state index contributed by atoms with van der Waals surface area (Å²) in [6.45, 7) is 0.0749. The van der Waals surface area contributed by atoms with E-state index in [2.05, 4.69) is 4.98 Å². The van der Waals surface area contributed by atoms with Gasteiger partial charge in [0.15, 0.2) is 0 Å². The maximum atomic E-state index is 9.04. The molecule has 0 bridgehead atoms. The van der Waals surface area contributed by atoms with Crippen LogP contribution in [0.3, 0.4) is 0 Å². The van der Waals surface area contributed by atoms with Crippen molar-refractivity contribution in [2.45, 2.75) is 6.42 Å². The van der Waals surface area contributed by atoms with E-state index in [0.717, 1.165) is 16.7 Å². The van der Waals surface area contributed by atoms with E-state index in [9.17, 15) is 0 Å². The molecule has 0 saturated heterocycles. The van der Waals surface area contributed by atoms with Gasteiger partial charge in [0.1, 0.15) is 0 Å². The predicted molar refractivity (Wildman–Crippen MR) is 65.8 cm³/mol. The molecule has 6 N–H and O–H groups in total. The molecule has 0 atom stereocenters. The van der Waals surface area contributed by atoms with Gasteiger partial charge >= 0.3 is 0 Å². The normalized spacial score (nSPS) is 10.6. The molecule has 0 spiro atoms. The Hall–Kier alpha value is -1.94. The lowest BCUT2D eigenvalue weighted by Gasteiger charge is -2.11. The minimum Gasteiger partial charge on any atom is -0.399 e. The van der Waals surface area contributed by atoms with Gasteiger partial charge < -0.3 is 21.6 Å². The first kappa shape index (κ1) is 10.6. The van der Waals surface area contributed by atoms with Gasteiger partial charge in [0.05, 0.1) is 0 Å². The van der Waals surface area contributed by atoms with Gasteiger partial charge in [0, 0.05) is 30.4 Å². The van der Waals surface area contributed by atoms with Gasteiger partial charge in [0.2, 0.25) is 0 Å². The lowest BCUT2D eigenvalue weighted by atomic mass is 9.97. The number of rotatable bonds is 3. The number of nitrogens with two attached hydrogens (primary N) is 2. The number of aliphatic hydroxyl groups excluding tert-OH is 1. The van der Waals surface area contributed by atoms with Crippen molar-refractivity contribution >= 4 is 11.4 Å². The Balaban J connectivity index is 2.57. The molecule has 0 radical (unpaired) electrons. The molecule has 2 aromatic rings. The van der Waals surface area contributed by atoms with Crippen LogP contribution in [0.1, 0.15) is 5.56 Å². The molecule has 0 aliphatic heterocycles. The van der Waals surface area contributed by atoms with Crippen molar-refractivity contribution in [1.29, 1.82) is 0 Å². The summed E-state index contributed by atoms with van der Waals surface area (Å²) in [7, 11) is 0. The van der Waals surface area contributed by atoms with Crippen LogP contribution in [0.2, 0.25) is 0 Å². The molecule has 1 aromatic heterocycles. The number of H-pyrrole nitrogens is 1. The summed E-state index contributed by atoms with van der Waals surface area (Å²) < 4.78 is 0. The van der Waals surface area contributed by atoms with Crippen molar-refractivity contribution in [3.8, 4) is 11.1 Å². The van der Waals surface area contributed by atoms with Crippen LogP contribution >= 0.6 is 0 Å². The molecule has 1 aromatic carbocycles. The highest BCUT2D eigenvalue weighted by Crippen LogP contribution is 2.30. The summed E-state index contributed by atoms with van der Waals surface area (Å²) in [4.78, 5) is 2.99. The van der Waals surface area contributed by atoms with Crippen molar-refractivity contribution in [3.63, 3.8) is 0 Å². The highest BCUT2D eigenvalue weighted by atomic mass is 16.2. The molecule has 0 aliphatic rings. The molecular formula is C12H15N3O. The molecule has 0 fully saturated rings. The summed E-state index contributed by atoms with van der Waals surface area (Å²) in [6, 6.07) is 5.56. The fourth-order valence-corrected chi connectivity index (χ4v) is 1.86. The zero-order valence-electron chi connectivity index (χ0n) is 8.90. The maximum absolute atomic E-state index is 9.04. The predicted octanol–water partition coefficient (Wildman–Crippen LogP) is 1.38. The zero-order valence-corrected chi connectivity index (χ0v) is 8.90. The minimum atomic E-state index is 0.0749. The van der Waals surface area contributed by atoms with Gasteiger partial charge in [-0.3, -0.25) is 0 Å². The summed E-state index contributed by atoms with van der Waals surface area (Å²) in [6.07, 6.45) is 4.26. The summed E-state index contributed by atoms with van der Waals surface area (Å²) in [5.41, 5.74) is 15.9. The van der Waals surface area contributed by atoms with Crippen molar-refractivity contribution in [2.75, 3.05) is 18.1 Å². The third-order valence-corrected chi connectivity index (χ3v) is 2.58. The number of aromatic amines is 1. The fourth-order valence-electron chi connectivity index (χ4n) is 1.86. The molecule has 0 unspecified atom stereocenters. The Labute approximate surface area is 93.9 Å². The van der Waals surface area contributed by atoms with Crippen LogP contribution in [0.5, 0.6) is 0 Å². The highest BCUT2D eigenvalue weighted by Gasteiger charge is 2.09. The molecule has 4 nitrogen and oxygen atoms in total. The quantitative estimate of drug-likeness (QED) is 0.586. The first-order valence-corrected chi connectivity index (χ1v) is 5.14. The van der Waals surface area contributed by atoms with Crippen LogP contribution in [0.25, 0.3) is 11.1 Å². The molecule has 0 amide bonds. The number of nitrogen functional groups attached to an aromatic ring is 2. The lowest BCUT2D eigenvalue weighted by Crippen LogP contribution is -2.02. The number of aromatic nitrogens is 1. The first-order valence-electron chi connectivity index (χ1n) is 5.14. The molecule has 4 heteroatoms. The molecule has 0 aliphatic carbocycles. The average Bonchev–Trinajstić information content (AvgIpc) is 2.75. The van der Waals surface area contributed by atoms with Gasteiger partial charge in [0.25, 0.3) is 0 Å². The van der Waals surface area contributed by atoms with Gasteiger partial charge in [-0.05, 0) is 41.3 Å². The zero-order chi connectivity index (χ0) is 11.5. The Bertz CT molecular complexity index is 477. The van der Waals surface area contributed by atoms with Gasteiger partial charge in [-0.2, -0.15) is 0 Å². The number of nitrogens with one attached hydrogen (secondary N) is 1. The van der Waals surface area contributed by atoms with E-state index in [4.69, 9.17) is 16.6 Å². The summed E-state index contributed by atoms with van der Waals surface area (Å²) in [5.74, 6) is 0. The highest BCUT2D eigenvalue weighted by molar-refractivity contribution is 5.77. The van der Waals surface area contributed by atoms with Crippen molar-refractivity contribution in [1.82, 2.24) is 4.98 Å². The van der Waals surface area contributed by atoms with E-state index in [1.165, 1.54) is 0 Å². The van der Waals surface area contributed by atoms with Crippen molar-refractivity contribution in [2.24, 2.45) is 0 Å².